The number of ether oxygens (including phenoxy) is 2. The lowest BCUT2D eigenvalue weighted by Gasteiger charge is -2.08. The summed E-state index contributed by atoms with van der Waals surface area (Å²) < 4.78 is 9.80. The van der Waals surface area contributed by atoms with Crippen LogP contribution in [-0.4, -0.2) is 31.6 Å². The third-order valence-electron chi connectivity index (χ3n) is 4.20. The second-order valence-corrected chi connectivity index (χ2v) is 6.91. The number of benzene rings is 1. The van der Waals surface area contributed by atoms with E-state index in [9.17, 15) is 14.4 Å². The predicted molar refractivity (Wildman–Crippen MR) is 98.0 cm³/mol. The van der Waals surface area contributed by atoms with E-state index in [2.05, 4.69) is 10.1 Å². The van der Waals surface area contributed by atoms with Crippen molar-refractivity contribution in [2.24, 2.45) is 0 Å². The molecular formula is C19H19NO5S. The van der Waals surface area contributed by atoms with Gasteiger partial charge in [0, 0.05) is 10.4 Å². The van der Waals surface area contributed by atoms with E-state index in [1.165, 1.54) is 30.6 Å². The summed E-state index contributed by atoms with van der Waals surface area (Å²) in [6.45, 7) is 2.04. The Bertz CT molecular complexity index is 854. The molecule has 1 aromatic heterocycles. The van der Waals surface area contributed by atoms with E-state index in [0.717, 1.165) is 29.7 Å². The predicted octanol–water partition coefficient (Wildman–Crippen LogP) is 3.45. The quantitative estimate of drug-likeness (QED) is 0.812. The largest absolute Gasteiger partial charge is 0.465 e. The van der Waals surface area contributed by atoms with Gasteiger partial charge in [-0.1, -0.05) is 0 Å². The van der Waals surface area contributed by atoms with Crippen molar-refractivity contribution in [3.8, 4) is 0 Å². The van der Waals surface area contributed by atoms with Crippen LogP contribution < -0.4 is 5.32 Å². The summed E-state index contributed by atoms with van der Waals surface area (Å²) in [7, 11) is 1.30. The first kappa shape index (κ1) is 18.1. The van der Waals surface area contributed by atoms with Crippen LogP contribution in [0.1, 0.15) is 54.9 Å². The number of aryl methyl sites for hydroxylation is 1. The molecule has 1 aliphatic carbocycles. The first-order chi connectivity index (χ1) is 12.5. The number of methoxy groups -OCH3 is 1. The molecule has 3 rings (SSSR count). The molecule has 0 fully saturated rings. The summed E-state index contributed by atoms with van der Waals surface area (Å²) in [6, 6.07) is 6.16. The average Bonchev–Trinajstić information content (AvgIpc) is 3.21. The molecule has 0 atom stereocenters. The summed E-state index contributed by atoms with van der Waals surface area (Å²) in [5.41, 5.74) is 2.22. The highest BCUT2D eigenvalue weighted by molar-refractivity contribution is 7.17. The monoisotopic (exact) mass is 373 g/mol. The molecular weight excluding hydrogens is 354 g/mol. The molecule has 0 saturated carbocycles. The standard InChI is InChI=1S/C19H19NO5S/c1-3-25-19(23)15-13-5-4-6-14(13)26-17(15)20-16(21)11-7-9-12(10-8-11)18(22)24-2/h7-10H,3-6H2,1-2H3,(H,20,21). The number of rotatable bonds is 5. The second kappa shape index (κ2) is 7.70. The van der Waals surface area contributed by atoms with Gasteiger partial charge in [-0.3, -0.25) is 4.79 Å². The van der Waals surface area contributed by atoms with E-state index in [1.807, 2.05) is 0 Å². The molecule has 0 spiro atoms. The van der Waals surface area contributed by atoms with Gasteiger partial charge in [0.15, 0.2) is 0 Å². The number of nitrogens with one attached hydrogen (secondary N) is 1. The number of fused-ring (bicyclic) bond motifs is 1. The molecule has 0 radical (unpaired) electrons. The van der Waals surface area contributed by atoms with Gasteiger partial charge in [0.2, 0.25) is 0 Å². The molecule has 0 unspecified atom stereocenters. The van der Waals surface area contributed by atoms with Crippen molar-refractivity contribution < 1.29 is 23.9 Å². The van der Waals surface area contributed by atoms with Gasteiger partial charge < -0.3 is 14.8 Å². The Morgan fingerprint density at radius 2 is 1.77 bits per heavy atom. The molecule has 0 bridgehead atoms. The maximum Gasteiger partial charge on any atom is 0.341 e. The Balaban J connectivity index is 1.83. The molecule has 2 aromatic rings. The van der Waals surface area contributed by atoms with Gasteiger partial charge in [0.25, 0.3) is 5.91 Å². The number of amides is 1. The number of carbonyl (C=O) groups is 3. The van der Waals surface area contributed by atoms with Crippen LogP contribution in [0.3, 0.4) is 0 Å². The molecule has 1 aliphatic rings. The summed E-state index contributed by atoms with van der Waals surface area (Å²) in [4.78, 5) is 37.5. The van der Waals surface area contributed by atoms with Crippen molar-refractivity contribution in [1.82, 2.24) is 0 Å². The van der Waals surface area contributed by atoms with Crippen LogP contribution >= 0.6 is 11.3 Å². The van der Waals surface area contributed by atoms with E-state index in [-0.39, 0.29) is 12.5 Å². The lowest BCUT2D eigenvalue weighted by molar-refractivity contribution is 0.0526. The highest BCUT2D eigenvalue weighted by Crippen LogP contribution is 2.39. The molecule has 1 aromatic carbocycles. The fraction of sp³-hybridized carbons (Fsp3) is 0.316. The number of esters is 2. The second-order valence-electron chi connectivity index (χ2n) is 5.80. The zero-order valence-corrected chi connectivity index (χ0v) is 15.4. The molecule has 136 valence electrons. The van der Waals surface area contributed by atoms with E-state index < -0.39 is 11.9 Å². The Morgan fingerprint density at radius 1 is 1.08 bits per heavy atom. The van der Waals surface area contributed by atoms with Gasteiger partial charge >= 0.3 is 11.9 Å². The van der Waals surface area contributed by atoms with Gasteiger partial charge in [-0.2, -0.15) is 0 Å². The zero-order valence-electron chi connectivity index (χ0n) is 14.6. The van der Waals surface area contributed by atoms with E-state index >= 15 is 0 Å². The molecule has 1 heterocycles. The Kier molecular flexibility index (Phi) is 5.37. The maximum atomic E-state index is 12.6. The van der Waals surface area contributed by atoms with Crippen molar-refractivity contribution in [1.29, 1.82) is 0 Å². The molecule has 0 saturated heterocycles. The van der Waals surface area contributed by atoms with Crippen LogP contribution in [0, 0.1) is 0 Å². The minimum atomic E-state index is -0.462. The summed E-state index contributed by atoms with van der Waals surface area (Å²) in [5.74, 6) is -1.20. The van der Waals surface area contributed by atoms with Crippen molar-refractivity contribution in [3.05, 3.63) is 51.4 Å². The van der Waals surface area contributed by atoms with Gasteiger partial charge in [-0.15, -0.1) is 11.3 Å². The molecule has 26 heavy (non-hydrogen) atoms. The highest BCUT2D eigenvalue weighted by atomic mass is 32.1. The third kappa shape index (κ3) is 3.48. The van der Waals surface area contributed by atoms with E-state index in [1.54, 1.807) is 19.1 Å². The number of thiophene rings is 1. The molecule has 1 N–H and O–H groups in total. The lowest BCUT2D eigenvalue weighted by atomic mass is 10.1. The van der Waals surface area contributed by atoms with Crippen molar-refractivity contribution in [2.75, 3.05) is 19.0 Å². The van der Waals surface area contributed by atoms with Crippen LogP contribution in [0.15, 0.2) is 24.3 Å². The van der Waals surface area contributed by atoms with Crippen molar-refractivity contribution in [2.45, 2.75) is 26.2 Å². The smallest absolute Gasteiger partial charge is 0.341 e. The summed E-state index contributed by atoms with van der Waals surface area (Å²) in [5, 5.41) is 3.34. The SMILES string of the molecule is CCOC(=O)c1c(NC(=O)c2ccc(C(=O)OC)cc2)sc2c1CCC2. The highest BCUT2D eigenvalue weighted by Gasteiger charge is 2.28. The summed E-state index contributed by atoms with van der Waals surface area (Å²) in [6.07, 6.45) is 2.75. The topological polar surface area (TPSA) is 81.7 Å². The van der Waals surface area contributed by atoms with Crippen LogP contribution in [0.5, 0.6) is 0 Å². The van der Waals surface area contributed by atoms with Gasteiger partial charge in [0.1, 0.15) is 5.00 Å². The number of hydrogen-bond acceptors (Lipinski definition) is 6. The minimum Gasteiger partial charge on any atom is -0.465 e. The van der Waals surface area contributed by atoms with Crippen LogP contribution in [0.4, 0.5) is 5.00 Å². The van der Waals surface area contributed by atoms with Gasteiger partial charge in [-0.25, -0.2) is 9.59 Å². The van der Waals surface area contributed by atoms with Crippen molar-refractivity contribution in [3.63, 3.8) is 0 Å². The molecule has 1 amide bonds. The van der Waals surface area contributed by atoms with E-state index in [0.29, 0.717) is 21.7 Å². The fourth-order valence-corrected chi connectivity index (χ4v) is 4.23. The van der Waals surface area contributed by atoms with Gasteiger partial charge in [0.05, 0.1) is 24.8 Å². The number of hydrogen-bond donors (Lipinski definition) is 1. The average molecular weight is 373 g/mol. The first-order valence-corrected chi connectivity index (χ1v) is 9.18. The Labute approximate surface area is 155 Å². The molecule has 6 nitrogen and oxygen atoms in total. The van der Waals surface area contributed by atoms with Crippen LogP contribution in [-0.2, 0) is 22.3 Å². The third-order valence-corrected chi connectivity index (χ3v) is 5.40. The Morgan fingerprint density at radius 3 is 2.42 bits per heavy atom. The minimum absolute atomic E-state index is 0.284. The van der Waals surface area contributed by atoms with Crippen molar-refractivity contribution >= 4 is 34.2 Å². The number of anilines is 1. The summed E-state index contributed by atoms with van der Waals surface area (Å²) >= 11 is 1.43. The lowest BCUT2D eigenvalue weighted by Crippen LogP contribution is -2.15. The molecule has 7 heteroatoms. The molecule has 0 aliphatic heterocycles. The van der Waals surface area contributed by atoms with Crippen LogP contribution in [0.25, 0.3) is 0 Å². The maximum absolute atomic E-state index is 12.6. The Hall–Kier alpha value is -2.67. The van der Waals surface area contributed by atoms with Gasteiger partial charge in [-0.05, 0) is 56.0 Å². The normalized spacial score (nSPS) is 12.4. The zero-order chi connectivity index (χ0) is 18.7. The van der Waals surface area contributed by atoms with E-state index in [4.69, 9.17) is 4.74 Å². The first-order valence-electron chi connectivity index (χ1n) is 8.36. The fourth-order valence-electron chi connectivity index (χ4n) is 2.96. The van der Waals surface area contributed by atoms with Crippen LogP contribution in [0.2, 0.25) is 0 Å². The number of carbonyl (C=O) groups excluding carboxylic acids is 3.